The van der Waals surface area contributed by atoms with Crippen molar-refractivity contribution in [2.24, 2.45) is 11.5 Å². The molecule has 1 atom stereocenters. The molecule has 5 heteroatoms. The van der Waals surface area contributed by atoms with E-state index in [0.717, 1.165) is 0 Å². The van der Waals surface area contributed by atoms with E-state index in [4.69, 9.17) is 16.6 Å². The number of aromatic carboxylic acids is 1. The van der Waals surface area contributed by atoms with E-state index in [1.165, 1.54) is 12.3 Å². The highest BCUT2D eigenvalue weighted by Crippen LogP contribution is 2.06. The van der Waals surface area contributed by atoms with Crippen LogP contribution in [0.1, 0.15) is 22.1 Å². The van der Waals surface area contributed by atoms with Crippen LogP contribution in [0.5, 0.6) is 0 Å². The predicted molar refractivity (Wildman–Crippen MR) is 47.2 cm³/mol. The summed E-state index contributed by atoms with van der Waals surface area (Å²) < 4.78 is 0. The fourth-order valence-corrected chi connectivity index (χ4v) is 0.872. The minimum Gasteiger partial charge on any atom is -0.478 e. The molecular weight excluding hydrogens is 170 g/mol. The zero-order valence-electron chi connectivity index (χ0n) is 6.97. The molecule has 1 rings (SSSR count). The third-order valence-electron chi connectivity index (χ3n) is 1.67. The molecule has 0 bridgehead atoms. The van der Waals surface area contributed by atoms with Gasteiger partial charge < -0.3 is 16.6 Å². The second-order valence-corrected chi connectivity index (χ2v) is 2.62. The quantitative estimate of drug-likeness (QED) is 0.596. The second-order valence-electron chi connectivity index (χ2n) is 2.62. The zero-order valence-corrected chi connectivity index (χ0v) is 6.97. The van der Waals surface area contributed by atoms with E-state index in [1.807, 2.05) is 0 Å². The van der Waals surface area contributed by atoms with Crippen molar-refractivity contribution in [3.8, 4) is 0 Å². The molecule has 0 amide bonds. The number of rotatable bonds is 3. The van der Waals surface area contributed by atoms with Gasteiger partial charge in [-0.05, 0) is 12.1 Å². The Labute approximate surface area is 75.4 Å². The van der Waals surface area contributed by atoms with Gasteiger partial charge in [0.1, 0.15) is 0 Å². The number of pyridine rings is 1. The second kappa shape index (κ2) is 3.97. The van der Waals surface area contributed by atoms with Crippen molar-refractivity contribution in [3.05, 3.63) is 29.6 Å². The SMILES string of the molecule is NCC(N)c1ccc(C(=O)O)cn1. The zero-order chi connectivity index (χ0) is 9.84. The number of nitrogens with zero attached hydrogens (tertiary/aromatic N) is 1. The number of carboxylic acids is 1. The van der Waals surface area contributed by atoms with Gasteiger partial charge in [-0.3, -0.25) is 4.98 Å². The molecule has 0 aliphatic carbocycles. The Hall–Kier alpha value is -1.46. The molecule has 0 aromatic carbocycles. The normalized spacial score (nSPS) is 12.5. The Morgan fingerprint density at radius 1 is 1.62 bits per heavy atom. The predicted octanol–water partition coefficient (Wildman–Crippen LogP) is -0.262. The standard InChI is InChI=1S/C8H11N3O2/c9-3-6(10)7-2-1-5(4-11-7)8(12)13/h1-2,4,6H,3,9-10H2,(H,12,13). The summed E-state index contributed by atoms with van der Waals surface area (Å²) in [5, 5.41) is 8.58. The molecule has 0 radical (unpaired) electrons. The molecule has 70 valence electrons. The van der Waals surface area contributed by atoms with E-state index < -0.39 is 5.97 Å². The Balaban J connectivity index is 2.87. The van der Waals surface area contributed by atoms with E-state index >= 15 is 0 Å². The number of hydrogen-bond acceptors (Lipinski definition) is 4. The van der Waals surface area contributed by atoms with Crippen molar-refractivity contribution in [2.75, 3.05) is 6.54 Å². The molecular formula is C8H11N3O2. The average Bonchev–Trinajstić information content (AvgIpc) is 2.17. The third-order valence-corrected chi connectivity index (χ3v) is 1.67. The summed E-state index contributed by atoms with van der Waals surface area (Å²) in [6, 6.07) is 2.70. The molecule has 0 saturated heterocycles. The highest BCUT2D eigenvalue weighted by molar-refractivity contribution is 5.87. The molecule has 0 aliphatic heterocycles. The average molecular weight is 181 g/mol. The summed E-state index contributed by atoms with van der Waals surface area (Å²) >= 11 is 0. The maximum absolute atomic E-state index is 10.5. The largest absolute Gasteiger partial charge is 0.478 e. The molecule has 1 aromatic rings. The molecule has 0 fully saturated rings. The lowest BCUT2D eigenvalue weighted by molar-refractivity contribution is 0.0696. The first-order chi connectivity index (χ1) is 6.15. The van der Waals surface area contributed by atoms with Crippen LogP contribution in [0.25, 0.3) is 0 Å². The number of carbonyl (C=O) groups is 1. The maximum Gasteiger partial charge on any atom is 0.337 e. The van der Waals surface area contributed by atoms with Crippen LogP contribution in [0.4, 0.5) is 0 Å². The van der Waals surface area contributed by atoms with E-state index in [9.17, 15) is 4.79 Å². The van der Waals surface area contributed by atoms with Gasteiger partial charge in [0.25, 0.3) is 0 Å². The summed E-state index contributed by atoms with van der Waals surface area (Å²) in [4.78, 5) is 14.3. The van der Waals surface area contributed by atoms with Gasteiger partial charge >= 0.3 is 5.97 Å². The Kier molecular flexibility index (Phi) is 2.94. The molecule has 5 N–H and O–H groups in total. The van der Waals surface area contributed by atoms with Crippen LogP contribution >= 0.6 is 0 Å². The van der Waals surface area contributed by atoms with Gasteiger partial charge in [0.2, 0.25) is 0 Å². The van der Waals surface area contributed by atoms with Crippen LogP contribution in [0, 0.1) is 0 Å². The van der Waals surface area contributed by atoms with Crippen molar-refractivity contribution in [2.45, 2.75) is 6.04 Å². The first-order valence-electron chi connectivity index (χ1n) is 3.80. The van der Waals surface area contributed by atoms with Gasteiger partial charge in [-0.25, -0.2) is 4.79 Å². The molecule has 0 spiro atoms. The number of nitrogens with two attached hydrogens (primary N) is 2. The molecule has 0 saturated carbocycles. The highest BCUT2D eigenvalue weighted by atomic mass is 16.4. The van der Waals surface area contributed by atoms with E-state index in [1.54, 1.807) is 6.07 Å². The summed E-state index contributed by atoms with van der Waals surface area (Å²) in [6.45, 7) is 0.291. The lowest BCUT2D eigenvalue weighted by Gasteiger charge is -2.06. The molecule has 5 nitrogen and oxygen atoms in total. The van der Waals surface area contributed by atoms with Crippen LogP contribution in [0.15, 0.2) is 18.3 Å². The Morgan fingerprint density at radius 3 is 2.69 bits per heavy atom. The van der Waals surface area contributed by atoms with Crippen LogP contribution in [-0.2, 0) is 0 Å². The van der Waals surface area contributed by atoms with Crippen molar-refractivity contribution in [1.82, 2.24) is 4.98 Å². The van der Waals surface area contributed by atoms with E-state index in [-0.39, 0.29) is 11.6 Å². The van der Waals surface area contributed by atoms with Crippen LogP contribution in [0.3, 0.4) is 0 Å². The van der Waals surface area contributed by atoms with Gasteiger partial charge in [0.15, 0.2) is 0 Å². The van der Waals surface area contributed by atoms with Crippen molar-refractivity contribution >= 4 is 5.97 Å². The topological polar surface area (TPSA) is 102 Å². The lowest BCUT2D eigenvalue weighted by atomic mass is 10.2. The van der Waals surface area contributed by atoms with Gasteiger partial charge in [0, 0.05) is 12.7 Å². The third kappa shape index (κ3) is 2.24. The van der Waals surface area contributed by atoms with Crippen LogP contribution in [0.2, 0.25) is 0 Å². The number of carboxylic acid groups (broad SMARTS) is 1. The molecule has 1 unspecified atom stereocenters. The summed E-state index contributed by atoms with van der Waals surface area (Å²) in [5.74, 6) is -1.000. The van der Waals surface area contributed by atoms with Gasteiger partial charge in [-0.2, -0.15) is 0 Å². The van der Waals surface area contributed by atoms with Crippen molar-refractivity contribution in [3.63, 3.8) is 0 Å². The summed E-state index contributed by atoms with van der Waals surface area (Å²) in [5.41, 5.74) is 11.7. The first kappa shape index (κ1) is 9.63. The van der Waals surface area contributed by atoms with Crippen molar-refractivity contribution in [1.29, 1.82) is 0 Å². The summed E-state index contributed by atoms with van der Waals surface area (Å²) in [6.07, 6.45) is 1.27. The minimum atomic E-state index is -1.000. The minimum absolute atomic E-state index is 0.146. The Morgan fingerprint density at radius 2 is 2.31 bits per heavy atom. The number of hydrogen-bond donors (Lipinski definition) is 3. The van der Waals surface area contributed by atoms with Crippen LogP contribution in [-0.4, -0.2) is 22.6 Å². The van der Waals surface area contributed by atoms with Gasteiger partial charge in [0.05, 0.1) is 17.3 Å². The number of aromatic nitrogens is 1. The van der Waals surface area contributed by atoms with Gasteiger partial charge in [-0.15, -0.1) is 0 Å². The lowest BCUT2D eigenvalue weighted by Crippen LogP contribution is -2.21. The smallest absolute Gasteiger partial charge is 0.337 e. The van der Waals surface area contributed by atoms with E-state index in [0.29, 0.717) is 12.2 Å². The molecule has 1 aromatic heterocycles. The molecule has 0 aliphatic rings. The maximum atomic E-state index is 10.5. The van der Waals surface area contributed by atoms with Crippen LogP contribution < -0.4 is 11.5 Å². The Bertz CT molecular complexity index is 297. The van der Waals surface area contributed by atoms with E-state index in [2.05, 4.69) is 4.98 Å². The molecule has 1 heterocycles. The molecule has 13 heavy (non-hydrogen) atoms. The first-order valence-corrected chi connectivity index (χ1v) is 3.80. The highest BCUT2D eigenvalue weighted by Gasteiger charge is 2.07. The summed E-state index contributed by atoms with van der Waals surface area (Å²) in [7, 11) is 0. The fraction of sp³-hybridized carbons (Fsp3) is 0.250. The monoisotopic (exact) mass is 181 g/mol. The van der Waals surface area contributed by atoms with Crippen molar-refractivity contribution < 1.29 is 9.90 Å². The van der Waals surface area contributed by atoms with Gasteiger partial charge in [-0.1, -0.05) is 0 Å². The fourth-order valence-electron chi connectivity index (χ4n) is 0.872.